The molecule has 2 N–H and O–H groups in total. The highest BCUT2D eigenvalue weighted by molar-refractivity contribution is 7.98. The Morgan fingerprint density at radius 3 is 3.00 bits per heavy atom. The minimum atomic E-state index is 0.603. The highest BCUT2D eigenvalue weighted by Gasteiger charge is 2.18. The van der Waals surface area contributed by atoms with E-state index >= 15 is 0 Å². The molecule has 0 spiro atoms. The van der Waals surface area contributed by atoms with Crippen molar-refractivity contribution >= 4 is 17.6 Å². The SMILES string of the molecule is CC(C)Cn1nc2c(c1N)CCSC2. The fraction of sp³-hybridized carbons (Fsp3) is 0.700. The van der Waals surface area contributed by atoms with Gasteiger partial charge < -0.3 is 5.73 Å². The molecule has 1 aliphatic rings. The van der Waals surface area contributed by atoms with Crippen LogP contribution in [0.25, 0.3) is 0 Å². The summed E-state index contributed by atoms with van der Waals surface area (Å²) in [5.41, 5.74) is 8.57. The molecular formula is C10H17N3S. The number of hydrogen-bond donors (Lipinski definition) is 1. The molecule has 0 saturated heterocycles. The van der Waals surface area contributed by atoms with E-state index in [1.165, 1.54) is 17.0 Å². The van der Waals surface area contributed by atoms with E-state index in [9.17, 15) is 0 Å². The maximum Gasteiger partial charge on any atom is 0.125 e. The maximum atomic E-state index is 6.06. The van der Waals surface area contributed by atoms with E-state index in [0.29, 0.717) is 5.92 Å². The lowest BCUT2D eigenvalue weighted by atomic mass is 10.2. The van der Waals surface area contributed by atoms with Gasteiger partial charge in [0.2, 0.25) is 0 Å². The molecule has 0 amide bonds. The number of nitrogens with two attached hydrogens (primary N) is 1. The quantitative estimate of drug-likeness (QED) is 0.812. The van der Waals surface area contributed by atoms with Gasteiger partial charge in [-0.2, -0.15) is 16.9 Å². The van der Waals surface area contributed by atoms with Gasteiger partial charge in [-0.15, -0.1) is 0 Å². The van der Waals surface area contributed by atoms with Gasteiger partial charge in [-0.3, -0.25) is 0 Å². The van der Waals surface area contributed by atoms with E-state index in [-0.39, 0.29) is 0 Å². The second-order valence-corrected chi connectivity index (χ2v) is 5.29. The topological polar surface area (TPSA) is 43.8 Å². The van der Waals surface area contributed by atoms with Gasteiger partial charge >= 0.3 is 0 Å². The third-order valence-electron chi connectivity index (χ3n) is 2.45. The fourth-order valence-corrected chi connectivity index (χ4v) is 2.70. The van der Waals surface area contributed by atoms with Crippen molar-refractivity contribution in [3.63, 3.8) is 0 Å². The average molecular weight is 211 g/mol. The molecule has 0 unspecified atom stereocenters. The van der Waals surface area contributed by atoms with Crippen LogP contribution in [0.5, 0.6) is 0 Å². The van der Waals surface area contributed by atoms with Gasteiger partial charge in [0, 0.05) is 17.9 Å². The summed E-state index contributed by atoms with van der Waals surface area (Å²) in [5.74, 6) is 3.72. The van der Waals surface area contributed by atoms with Crippen molar-refractivity contribution in [2.45, 2.75) is 32.6 Å². The van der Waals surface area contributed by atoms with Crippen molar-refractivity contribution in [3.8, 4) is 0 Å². The number of aromatic nitrogens is 2. The zero-order chi connectivity index (χ0) is 10.1. The summed E-state index contributed by atoms with van der Waals surface area (Å²) in [4.78, 5) is 0. The molecule has 2 heterocycles. The Morgan fingerprint density at radius 1 is 1.57 bits per heavy atom. The lowest BCUT2D eigenvalue weighted by Gasteiger charge is -2.09. The molecule has 0 radical (unpaired) electrons. The van der Waals surface area contributed by atoms with Crippen LogP contribution in [-0.2, 0) is 18.7 Å². The Kier molecular flexibility index (Phi) is 2.72. The summed E-state index contributed by atoms with van der Waals surface area (Å²) in [7, 11) is 0. The highest BCUT2D eigenvalue weighted by atomic mass is 32.2. The van der Waals surface area contributed by atoms with E-state index in [4.69, 9.17) is 5.73 Å². The monoisotopic (exact) mass is 211 g/mol. The summed E-state index contributed by atoms with van der Waals surface area (Å²) >= 11 is 1.95. The molecule has 1 aromatic rings. The van der Waals surface area contributed by atoms with Crippen molar-refractivity contribution in [2.75, 3.05) is 11.5 Å². The second kappa shape index (κ2) is 3.85. The van der Waals surface area contributed by atoms with E-state index in [1.807, 2.05) is 16.4 Å². The van der Waals surface area contributed by atoms with Crippen LogP contribution in [0.4, 0.5) is 5.82 Å². The number of nitrogen functional groups attached to an aromatic ring is 1. The number of fused-ring (bicyclic) bond motifs is 1. The summed E-state index contributed by atoms with van der Waals surface area (Å²) in [6.45, 7) is 5.31. The molecule has 1 aliphatic heterocycles. The van der Waals surface area contributed by atoms with Crippen LogP contribution < -0.4 is 5.73 Å². The first kappa shape index (κ1) is 9.90. The minimum absolute atomic E-state index is 0.603. The molecule has 0 aromatic carbocycles. The summed E-state index contributed by atoms with van der Waals surface area (Å²) in [6.07, 6.45) is 1.09. The summed E-state index contributed by atoms with van der Waals surface area (Å²) in [6, 6.07) is 0. The largest absolute Gasteiger partial charge is 0.384 e. The maximum absolute atomic E-state index is 6.06. The Bertz CT molecular complexity index is 330. The number of nitrogens with zero attached hydrogens (tertiary/aromatic N) is 2. The molecule has 2 rings (SSSR count). The van der Waals surface area contributed by atoms with Gasteiger partial charge in [0.25, 0.3) is 0 Å². The van der Waals surface area contributed by atoms with E-state index < -0.39 is 0 Å². The molecule has 78 valence electrons. The number of hydrogen-bond acceptors (Lipinski definition) is 3. The van der Waals surface area contributed by atoms with Crippen LogP contribution >= 0.6 is 11.8 Å². The first-order valence-corrected chi connectivity index (χ1v) is 6.25. The third kappa shape index (κ3) is 1.75. The van der Waals surface area contributed by atoms with Crippen LogP contribution in [0.2, 0.25) is 0 Å². The minimum Gasteiger partial charge on any atom is -0.384 e. The standard InChI is InChI=1S/C10H17N3S/c1-7(2)5-13-10(11)8-3-4-14-6-9(8)12-13/h7H,3-6,11H2,1-2H3. The van der Waals surface area contributed by atoms with Crippen molar-refractivity contribution in [1.82, 2.24) is 9.78 Å². The fourth-order valence-electron chi connectivity index (χ4n) is 1.78. The lowest BCUT2D eigenvalue weighted by Crippen LogP contribution is -2.09. The summed E-state index contributed by atoms with van der Waals surface area (Å²) < 4.78 is 1.97. The van der Waals surface area contributed by atoms with Crippen LogP contribution in [0.3, 0.4) is 0 Å². The predicted molar refractivity (Wildman–Crippen MR) is 61.3 cm³/mol. The normalized spacial score (nSPS) is 15.9. The van der Waals surface area contributed by atoms with Crippen LogP contribution in [0.1, 0.15) is 25.1 Å². The zero-order valence-electron chi connectivity index (χ0n) is 8.79. The van der Waals surface area contributed by atoms with Crippen LogP contribution in [-0.4, -0.2) is 15.5 Å². The molecule has 0 aliphatic carbocycles. The van der Waals surface area contributed by atoms with Crippen molar-refractivity contribution in [3.05, 3.63) is 11.3 Å². The Labute approximate surface area is 89.1 Å². The van der Waals surface area contributed by atoms with Gasteiger partial charge in [0.05, 0.1) is 5.69 Å². The number of rotatable bonds is 2. The first-order valence-electron chi connectivity index (χ1n) is 5.10. The van der Waals surface area contributed by atoms with E-state index in [2.05, 4.69) is 18.9 Å². The van der Waals surface area contributed by atoms with Gasteiger partial charge in [0.1, 0.15) is 5.82 Å². The Hall–Kier alpha value is -0.640. The molecule has 14 heavy (non-hydrogen) atoms. The second-order valence-electron chi connectivity index (χ2n) is 4.19. The van der Waals surface area contributed by atoms with E-state index in [1.54, 1.807) is 0 Å². The number of anilines is 1. The molecular weight excluding hydrogens is 194 g/mol. The number of thioether (sulfide) groups is 1. The Balaban J connectivity index is 2.29. The highest BCUT2D eigenvalue weighted by Crippen LogP contribution is 2.28. The molecule has 0 saturated carbocycles. The van der Waals surface area contributed by atoms with E-state index in [0.717, 1.165) is 24.5 Å². The lowest BCUT2D eigenvalue weighted by molar-refractivity contribution is 0.486. The van der Waals surface area contributed by atoms with Crippen molar-refractivity contribution in [1.29, 1.82) is 0 Å². The third-order valence-corrected chi connectivity index (χ3v) is 3.42. The molecule has 0 atom stereocenters. The smallest absolute Gasteiger partial charge is 0.125 e. The van der Waals surface area contributed by atoms with Crippen molar-refractivity contribution in [2.24, 2.45) is 5.92 Å². The summed E-state index contributed by atoms with van der Waals surface area (Å²) in [5, 5.41) is 4.56. The van der Waals surface area contributed by atoms with Gasteiger partial charge in [-0.05, 0) is 18.1 Å². The van der Waals surface area contributed by atoms with Crippen molar-refractivity contribution < 1.29 is 0 Å². The molecule has 0 fully saturated rings. The molecule has 1 aromatic heterocycles. The first-order chi connectivity index (χ1) is 6.68. The molecule has 4 heteroatoms. The van der Waals surface area contributed by atoms with Crippen LogP contribution in [0, 0.1) is 5.92 Å². The van der Waals surface area contributed by atoms with Gasteiger partial charge in [-0.1, -0.05) is 13.8 Å². The molecule has 0 bridgehead atoms. The Morgan fingerprint density at radius 2 is 2.36 bits per heavy atom. The van der Waals surface area contributed by atoms with Gasteiger partial charge in [-0.25, -0.2) is 4.68 Å². The predicted octanol–water partition coefficient (Wildman–Crippen LogP) is 1.91. The van der Waals surface area contributed by atoms with Gasteiger partial charge in [0.15, 0.2) is 0 Å². The molecule has 3 nitrogen and oxygen atoms in total. The van der Waals surface area contributed by atoms with Crippen LogP contribution in [0.15, 0.2) is 0 Å². The average Bonchev–Trinajstić information content (AvgIpc) is 2.44. The zero-order valence-corrected chi connectivity index (χ0v) is 9.60.